The first-order valence-electron chi connectivity index (χ1n) is 8.04. The van der Waals surface area contributed by atoms with Crippen LogP contribution in [0.4, 0.5) is 10.6 Å². The molecule has 3 aromatic rings. The van der Waals surface area contributed by atoms with Gasteiger partial charge >= 0.3 is 6.03 Å². The van der Waals surface area contributed by atoms with Crippen molar-refractivity contribution in [3.63, 3.8) is 0 Å². The molecule has 26 heavy (non-hydrogen) atoms. The highest BCUT2D eigenvalue weighted by molar-refractivity contribution is 5.89. The quantitative estimate of drug-likeness (QED) is 0.732. The lowest BCUT2D eigenvalue weighted by Crippen LogP contribution is -2.28. The predicted octanol–water partition coefficient (Wildman–Crippen LogP) is 2.85. The lowest BCUT2D eigenvalue weighted by atomic mass is 10.1. The highest BCUT2D eigenvalue weighted by Gasteiger charge is 2.09. The number of carbonyl (C=O) groups excluding carboxylic acids is 1. The number of benzene rings is 1. The van der Waals surface area contributed by atoms with E-state index in [9.17, 15) is 4.79 Å². The molecule has 0 aliphatic carbocycles. The van der Waals surface area contributed by atoms with Crippen LogP contribution in [0.25, 0.3) is 22.3 Å². The van der Waals surface area contributed by atoms with Crippen molar-refractivity contribution >= 4 is 23.0 Å². The average molecular weight is 353 g/mol. The molecule has 0 spiro atoms. The molecular formula is C18H19N5O3. The van der Waals surface area contributed by atoms with Gasteiger partial charge in [0.25, 0.3) is 0 Å². The van der Waals surface area contributed by atoms with Crippen LogP contribution >= 0.6 is 0 Å². The maximum Gasteiger partial charge on any atom is 0.320 e. The number of pyridine rings is 1. The molecule has 0 saturated heterocycles. The van der Waals surface area contributed by atoms with Gasteiger partial charge in [-0.2, -0.15) is 0 Å². The molecule has 0 radical (unpaired) electrons. The van der Waals surface area contributed by atoms with Crippen LogP contribution in [0.15, 0.2) is 36.7 Å². The molecular weight excluding hydrogens is 334 g/mol. The molecule has 0 unspecified atom stereocenters. The fourth-order valence-electron chi connectivity index (χ4n) is 2.46. The first-order valence-corrected chi connectivity index (χ1v) is 8.04. The molecule has 0 fully saturated rings. The molecule has 8 nitrogen and oxygen atoms in total. The van der Waals surface area contributed by atoms with Gasteiger partial charge in [0.05, 0.1) is 20.4 Å². The molecule has 0 saturated carbocycles. The SMILES string of the molecule is CCNC(=O)Nc1cnc2cc(-c3ccc(OC)c(OC)c3)cnc2n1. The number of methoxy groups -OCH3 is 2. The number of aromatic nitrogens is 3. The fraction of sp³-hybridized carbons (Fsp3) is 0.222. The summed E-state index contributed by atoms with van der Waals surface area (Å²) in [7, 11) is 3.19. The number of ether oxygens (including phenoxy) is 2. The molecule has 0 aliphatic rings. The number of anilines is 1. The first kappa shape index (κ1) is 17.4. The van der Waals surface area contributed by atoms with E-state index in [2.05, 4.69) is 25.6 Å². The Hall–Kier alpha value is -3.42. The van der Waals surface area contributed by atoms with Crippen LogP contribution in [0.5, 0.6) is 11.5 Å². The van der Waals surface area contributed by atoms with E-state index < -0.39 is 0 Å². The molecule has 2 N–H and O–H groups in total. The van der Waals surface area contributed by atoms with Gasteiger partial charge in [-0.25, -0.2) is 19.7 Å². The third-order valence-corrected chi connectivity index (χ3v) is 3.70. The van der Waals surface area contributed by atoms with Crippen LogP contribution in [-0.2, 0) is 0 Å². The van der Waals surface area contributed by atoms with Gasteiger partial charge in [-0.15, -0.1) is 0 Å². The summed E-state index contributed by atoms with van der Waals surface area (Å²) < 4.78 is 10.6. The lowest BCUT2D eigenvalue weighted by Gasteiger charge is -2.10. The van der Waals surface area contributed by atoms with Crippen LogP contribution in [0.1, 0.15) is 6.92 Å². The van der Waals surface area contributed by atoms with Gasteiger partial charge in [0.15, 0.2) is 23.0 Å². The minimum absolute atomic E-state index is 0.330. The van der Waals surface area contributed by atoms with E-state index in [4.69, 9.17) is 9.47 Å². The second-order valence-corrected chi connectivity index (χ2v) is 5.38. The summed E-state index contributed by atoms with van der Waals surface area (Å²) in [6.07, 6.45) is 3.20. The summed E-state index contributed by atoms with van der Waals surface area (Å²) in [5, 5.41) is 5.25. The van der Waals surface area contributed by atoms with Crippen molar-refractivity contribution in [1.82, 2.24) is 20.3 Å². The molecule has 2 heterocycles. The number of rotatable bonds is 5. The van der Waals surface area contributed by atoms with E-state index in [-0.39, 0.29) is 6.03 Å². The Balaban J connectivity index is 1.91. The maximum atomic E-state index is 11.6. The van der Waals surface area contributed by atoms with E-state index in [1.54, 1.807) is 20.4 Å². The van der Waals surface area contributed by atoms with Crippen molar-refractivity contribution in [3.8, 4) is 22.6 Å². The Morgan fingerprint density at radius 1 is 1.04 bits per heavy atom. The second-order valence-electron chi connectivity index (χ2n) is 5.38. The van der Waals surface area contributed by atoms with Gasteiger partial charge < -0.3 is 14.8 Å². The Kier molecular flexibility index (Phi) is 5.12. The van der Waals surface area contributed by atoms with Gasteiger partial charge in [-0.05, 0) is 30.7 Å². The summed E-state index contributed by atoms with van der Waals surface area (Å²) >= 11 is 0. The van der Waals surface area contributed by atoms with Crippen molar-refractivity contribution < 1.29 is 14.3 Å². The Labute approximate surface area is 150 Å². The average Bonchev–Trinajstić information content (AvgIpc) is 2.67. The first-order chi connectivity index (χ1) is 12.6. The summed E-state index contributed by atoms with van der Waals surface area (Å²) in [5.74, 6) is 1.64. The Bertz CT molecular complexity index is 945. The zero-order valence-electron chi connectivity index (χ0n) is 14.7. The minimum atomic E-state index is -0.330. The van der Waals surface area contributed by atoms with Gasteiger partial charge in [0.2, 0.25) is 0 Å². The Morgan fingerprint density at radius 2 is 1.85 bits per heavy atom. The number of nitrogens with one attached hydrogen (secondary N) is 2. The van der Waals surface area contributed by atoms with Crippen LogP contribution in [0.3, 0.4) is 0 Å². The fourth-order valence-corrected chi connectivity index (χ4v) is 2.46. The van der Waals surface area contributed by atoms with Crippen molar-refractivity contribution in [2.24, 2.45) is 0 Å². The van der Waals surface area contributed by atoms with Crippen molar-refractivity contribution in [1.29, 1.82) is 0 Å². The van der Waals surface area contributed by atoms with Gasteiger partial charge in [-0.1, -0.05) is 6.07 Å². The number of carbonyl (C=O) groups is 1. The van der Waals surface area contributed by atoms with Gasteiger partial charge in [0.1, 0.15) is 5.52 Å². The third-order valence-electron chi connectivity index (χ3n) is 3.70. The largest absolute Gasteiger partial charge is 0.493 e. The van der Waals surface area contributed by atoms with Crippen LogP contribution in [0.2, 0.25) is 0 Å². The highest BCUT2D eigenvalue weighted by atomic mass is 16.5. The zero-order valence-corrected chi connectivity index (χ0v) is 14.7. The number of amides is 2. The molecule has 2 aromatic heterocycles. The smallest absolute Gasteiger partial charge is 0.320 e. The van der Waals surface area contributed by atoms with Crippen LogP contribution < -0.4 is 20.1 Å². The van der Waals surface area contributed by atoms with E-state index in [0.29, 0.717) is 35.0 Å². The number of hydrogen-bond acceptors (Lipinski definition) is 6. The summed E-state index contributed by atoms with van der Waals surface area (Å²) in [6.45, 7) is 2.36. The van der Waals surface area contributed by atoms with E-state index >= 15 is 0 Å². The molecule has 1 aromatic carbocycles. The molecule has 0 aliphatic heterocycles. The summed E-state index contributed by atoms with van der Waals surface area (Å²) in [6, 6.07) is 7.18. The predicted molar refractivity (Wildman–Crippen MR) is 98.6 cm³/mol. The van der Waals surface area contributed by atoms with Crippen LogP contribution in [0, 0.1) is 0 Å². The van der Waals surface area contributed by atoms with E-state index in [1.807, 2.05) is 31.2 Å². The highest BCUT2D eigenvalue weighted by Crippen LogP contribution is 2.32. The lowest BCUT2D eigenvalue weighted by molar-refractivity contribution is 0.252. The third kappa shape index (κ3) is 3.64. The molecule has 134 valence electrons. The molecule has 3 rings (SSSR count). The van der Waals surface area contributed by atoms with Crippen molar-refractivity contribution in [3.05, 3.63) is 36.7 Å². The Morgan fingerprint density at radius 3 is 2.58 bits per heavy atom. The standard InChI is InChI=1S/C18H19N5O3/c1-4-19-18(24)23-16-10-20-13-7-12(9-21-17(13)22-16)11-5-6-14(25-2)15(8-11)26-3/h5-10H,4H2,1-3H3,(H2,19,21,22,23,24). The van der Waals surface area contributed by atoms with Crippen molar-refractivity contribution in [2.75, 3.05) is 26.1 Å². The number of fused-ring (bicyclic) bond motifs is 1. The summed E-state index contributed by atoms with van der Waals surface area (Å²) in [5.41, 5.74) is 2.86. The number of hydrogen-bond donors (Lipinski definition) is 2. The number of urea groups is 1. The van der Waals surface area contributed by atoms with Gasteiger partial charge in [-0.3, -0.25) is 5.32 Å². The maximum absolute atomic E-state index is 11.6. The summed E-state index contributed by atoms with van der Waals surface area (Å²) in [4.78, 5) is 24.6. The van der Waals surface area contributed by atoms with Crippen LogP contribution in [-0.4, -0.2) is 41.7 Å². The van der Waals surface area contributed by atoms with E-state index in [1.165, 1.54) is 6.20 Å². The van der Waals surface area contributed by atoms with Gasteiger partial charge in [0, 0.05) is 18.3 Å². The molecule has 2 amide bonds. The normalized spacial score (nSPS) is 10.4. The zero-order chi connectivity index (χ0) is 18.5. The second kappa shape index (κ2) is 7.64. The molecule has 0 atom stereocenters. The van der Waals surface area contributed by atoms with Crippen molar-refractivity contribution in [2.45, 2.75) is 6.92 Å². The minimum Gasteiger partial charge on any atom is -0.493 e. The number of nitrogens with zero attached hydrogens (tertiary/aromatic N) is 3. The molecule has 0 bridgehead atoms. The molecule has 8 heteroatoms. The van der Waals surface area contributed by atoms with E-state index in [0.717, 1.165) is 11.1 Å². The monoisotopic (exact) mass is 353 g/mol. The topological polar surface area (TPSA) is 98.3 Å².